The molecule has 0 saturated carbocycles. The molecule has 2 N–H and O–H groups in total. The molecule has 0 spiro atoms. The summed E-state index contributed by atoms with van der Waals surface area (Å²) in [4.78, 5) is 16.4. The van der Waals surface area contributed by atoms with Gasteiger partial charge in [0.05, 0.1) is 17.7 Å². The van der Waals surface area contributed by atoms with Gasteiger partial charge in [-0.3, -0.25) is 4.79 Å². The normalized spacial score (nSPS) is 20.7. The summed E-state index contributed by atoms with van der Waals surface area (Å²) < 4.78 is 1.65. The summed E-state index contributed by atoms with van der Waals surface area (Å²) in [5.74, 6) is -0.254. The van der Waals surface area contributed by atoms with Gasteiger partial charge in [0.25, 0.3) is 5.91 Å². The van der Waals surface area contributed by atoms with Gasteiger partial charge in [0.2, 0.25) is 5.82 Å². The molecule has 116 valence electrons. The van der Waals surface area contributed by atoms with Crippen LogP contribution in [0, 0.1) is 0 Å². The van der Waals surface area contributed by atoms with Crippen molar-refractivity contribution in [3.8, 4) is 0 Å². The van der Waals surface area contributed by atoms with Gasteiger partial charge in [-0.25, -0.2) is 9.67 Å². The third-order valence-electron chi connectivity index (χ3n) is 3.87. The Hall–Kier alpha value is -2.21. The first kappa shape index (κ1) is 14.7. The van der Waals surface area contributed by atoms with Crippen molar-refractivity contribution in [2.24, 2.45) is 0 Å². The van der Waals surface area contributed by atoms with Gasteiger partial charge in [0.15, 0.2) is 0 Å². The lowest BCUT2D eigenvalue weighted by atomic mass is 10.1. The second-order valence-electron chi connectivity index (χ2n) is 6.60. The molecule has 2 atom stereocenters. The van der Waals surface area contributed by atoms with E-state index in [1.807, 2.05) is 45.0 Å². The minimum absolute atomic E-state index is 0.117. The van der Waals surface area contributed by atoms with E-state index in [4.69, 9.17) is 0 Å². The number of fused-ring (bicyclic) bond motifs is 1. The molecular formula is C16H20N4O2. The molecule has 1 aromatic carbocycles. The molecule has 1 aliphatic carbocycles. The summed E-state index contributed by atoms with van der Waals surface area (Å²) in [5.41, 5.74) is 1.79. The van der Waals surface area contributed by atoms with Gasteiger partial charge >= 0.3 is 0 Å². The van der Waals surface area contributed by atoms with Crippen LogP contribution in [0.1, 0.15) is 48.6 Å². The molecule has 0 fully saturated rings. The molecule has 1 amide bonds. The number of hydrogen-bond donors (Lipinski definition) is 2. The highest BCUT2D eigenvalue weighted by Gasteiger charge is 2.33. The predicted octanol–water partition coefficient (Wildman–Crippen LogP) is 1.42. The molecule has 0 aliphatic heterocycles. The first-order chi connectivity index (χ1) is 10.4. The Morgan fingerprint density at radius 3 is 2.77 bits per heavy atom. The summed E-state index contributed by atoms with van der Waals surface area (Å²) in [7, 11) is 0. The number of amides is 1. The van der Waals surface area contributed by atoms with E-state index in [0.717, 1.165) is 11.1 Å². The van der Waals surface area contributed by atoms with Crippen molar-refractivity contribution in [1.29, 1.82) is 0 Å². The van der Waals surface area contributed by atoms with Crippen molar-refractivity contribution in [3.05, 3.63) is 47.5 Å². The predicted molar refractivity (Wildman–Crippen MR) is 81.4 cm³/mol. The molecule has 0 unspecified atom stereocenters. The number of nitrogens with one attached hydrogen (secondary N) is 1. The second kappa shape index (κ2) is 5.21. The third-order valence-corrected chi connectivity index (χ3v) is 3.87. The van der Waals surface area contributed by atoms with Crippen LogP contribution >= 0.6 is 0 Å². The van der Waals surface area contributed by atoms with Crippen LogP contribution in [0.2, 0.25) is 0 Å². The minimum atomic E-state index is -0.619. The Morgan fingerprint density at radius 2 is 2.09 bits per heavy atom. The highest BCUT2D eigenvalue weighted by molar-refractivity contribution is 5.90. The summed E-state index contributed by atoms with van der Waals surface area (Å²) in [6.07, 6.45) is 1.48. The molecule has 6 nitrogen and oxygen atoms in total. The Bertz CT molecular complexity index is 702. The van der Waals surface area contributed by atoms with Crippen LogP contribution in [-0.2, 0) is 12.0 Å². The summed E-state index contributed by atoms with van der Waals surface area (Å²) in [6, 6.07) is 7.32. The third kappa shape index (κ3) is 2.62. The quantitative estimate of drug-likeness (QED) is 0.879. The van der Waals surface area contributed by atoms with Gasteiger partial charge in [-0.2, -0.15) is 0 Å². The SMILES string of the molecule is CC(C)(C)n1cnc(C(=O)N[C@H]2c3ccccc3C[C@H]2O)n1. The lowest BCUT2D eigenvalue weighted by Gasteiger charge is -2.18. The second-order valence-corrected chi connectivity index (χ2v) is 6.60. The number of hydrogen-bond acceptors (Lipinski definition) is 4. The van der Waals surface area contributed by atoms with Gasteiger partial charge in [-0.15, -0.1) is 5.10 Å². The summed E-state index contributed by atoms with van der Waals surface area (Å²) in [5, 5.41) is 17.2. The number of rotatable bonds is 2. The van der Waals surface area contributed by atoms with Crippen LogP contribution in [0.3, 0.4) is 0 Å². The van der Waals surface area contributed by atoms with Crippen LogP contribution in [0.15, 0.2) is 30.6 Å². The van der Waals surface area contributed by atoms with E-state index in [2.05, 4.69) is 15.4 Å². The highest BCUT2D eigenvalue weighted by Crippen LogP contribution is 2.31. The number of aliphatic hydroxyl groups is 1. The van der Waals surface area contributed by atoms with Gasteiger partial charge in [0, 0.05) is 6.42 Å². The minimum Gasteiger partial charge on any atom is -0.390 e. The lowest BCUT2D eigenvalue weighted by molar-refractivity contribution is 0.0847. The number of carbonyl (C=O) groups excluding carboxylic acids is 1. The molecule has 6 heteroatoms. The van der Waals surface area contributed by atoms with Gasteiger partial charge in [-0.05, 0) is 31.9 Å². The van der Waals surface area contributed by atoms with E-state index in [-0.39, 0.29) is 17.3 Å². The summed E-state index contributed by atoms with van der Waals surface area (Å²) >= 11 is 0. The van der Waals surface area contributed by atoms with Crippen LogP contribution < -0.4 is 5.32 Å². The van der Waals surface area contributed by atoms with Gasteiger partial charge in [0.1, 0.15) is 6.33 Å². The van der Waals surface area contributed by atoms with E-state index in [1.165, 1.54) is 0 Å². The molecule has 0 bridgehead atoms. The number of carbonyl (C=O) groups is 1. The lowest BCUT2D eigenvalue weighted by Crippen LogP contribution is -2.34. The molecule has 22 heavy (non-hydrogen) atoms. The molecule has 0 radical (unpaired) electrons. The van der Waals surface area contributed by atoms with Gasteiger partial charge in [-0.1, -0.05) is 24.3 Å². The van der Waals surface area contributed by atoms with Crippen molar-refractivity contribution in [2.75, 3.05) is 0 Å². The van der Waals surface area contributed by atoms with Crippen LogP contribution in [0.25, 0.3) is 0 Å². The van der Waals surface area contributed by atoms with E-state index in [0.29, 0.717) is 6.42 Å². The van der Waals surface area contributed by atoms with Crippen molar-refractivity contribution < 1.29 is 9.90 Å². The van der Waals surface area contributed by atoms with E-state index >= 15 is 0 Å². The molecular weight excluding hydrogens is 280 g/mol. The fraction of sp³-hybridized carbons (Fsp3) is 0.438. The first-order valence-corrected chi connectivity index (χ1v) is 7.35. The van der Waals surface area contributed by atoms with Gasteiger partial charge < -0.3 is 10.4 Å². The maximum absolute atomic E-state index is 12.3. The Labute approximate surface area is 129 Å². The van der Waals surface area contributed by atoms with Crippen molar-refractivity contribution in [1.82, 2.24) is 20.1 Å². The van der Waals surface area contributed by atoms with Crippen molar-refractivity contribution in [2.45, 2.75) is 44.9 Å². The zero-order valence-electron chi connectivity index (χ0n) is 12.9. The van der Waals surface area contributed by atoms with Crippen molar-refractivity contribution in [3.63, 3.8) is 0 Å². The number of aromatic nitrogens is 3. The monoisotopic (exact) mass is 300 g/mol. The average molecular weight is 300 g/mol. The van der Waals surface area contributed by atoms with Crippen LogP contribution in [0.5, 0.6) is 0 Å². The Morgan fingerprint density at radius 1 is 1.36 bits per heavy atom. The van der Waals surface area contributed by atoms with E-state index in [1.54, 1.807) is 11.0 Å². The molecule has 2 aromatic rings. The van der Waals surface area contributed by atoms with Crippen LogP contribution in [-0.4, -0.2) is 31.9 Å². The molecule has 3 rings (SSSR count). The van der Waals surface area contributed by atoms with E-state index < -0.39 is 12.1 Å². The largest absolute Gasteiger partial charge is 0.390 e. The molecule has 1 aliphatic rings. The highest BCUT2D eigenvalue weighted by atomic mass is 16.3. The standard InChI is InChI=1S/C16H20N4O2/c1-16(2,3)20-9-17-14(19-20)15(22)18-13-11-7-5-4-6-10(11)8-12(13)21/h4-7,9,12-13,21H,8H2,1-3H3,(H,18,22)/t12-,13+/m1/s1. The van der Waals surface area contributed by atoms with E-state index in [9.17, 15) is 9.90 Å². The molecule has 0 saturated heterocycles. The Balaban J connectivity index is 1.79. The van der Waals surface area contributed by atoms with Crippen LogP contribution in [0.4, 0.5) is 0 Å². The maximum atomic E-state index is 12.3. The zero-order valence-corrected chi connectivity index (χ0v) is 12.9. The fourth-order valence-corrected chi connectivity index (χ4v) is 2.64. The topological polar surface area (TPSA) is 80.0 Å². The smallest absolute Gasteiger partial charge is 0.291 e. The fourth-order valence-electron chi connectivity index (χ4n) is 2.64. The average Bonchev–Trinajstić information content (AvgIpc) is 3.04. The number of benzene rings is 1. The van der Waals surface area contributed by atoms with Crippen molar-refractivity contribution >= 4 is 5.91 Å². The maximum Gasteiger partial charge on any atom is 0.291 e. The summed E-state index contributed by atoms with van der Waals surface area (Å²) in [6.45, 7) is 5.96. The number of aliphatic hydroxyl groups excluding tert-OH is 1. The zero-order chi connectivity index (χ0) is 15.9. The first-order valence-electron chi connectivity index (χ1n) is 7.35. The molecule has 1 aromatic heterocycles. The number of nitrogens with zero attached hydrogens (tertiary/aromatic N) is 3. The molecule has 1 heterocycles. The Kier molecular flexibility index (Phi) is 3.48.